The second kappa shape index (κ2) is 8.42. The van der Waals surface area contributed by atoms with E-state index in [9.17, 15) is 9.59 Å². The van der Waals surface area contributed by atoms with Crippen molar-refractivity contribution >= 4 is 17.6 Å². The number of hydrogen-bond acceptors (Lipinski definition) is 5. The second-order valence-electron chi connectivity index (χ2n) is 8.02. The Morgan fingerprint density at radius 1 is 1.20 bits per heavy atom. The normalized spacial score (nSPS) is 18.5. The number of methoxy groups -OCH3 is 1. The van der Waals surface area contributed by atoms with Crippen LogP contribution in [0.5, 0.6) is 5.75 Å². The molecule has 0 aliphatic carbocycles. The van der Waals surface area contributed by atoms with Crippen LogP contribution in [0.25, 0.3) is 0 Å². The Morgan fingerprint density at radius 3 is 2.70 bits per heavy atom. The number of anilines is 1. The molecule has 3 heterocycles. The van der Waals surface area contributed by atoms with Gasteiger partial charge < -0.3 is 9.64 Å². The van der Waals surface area contributed by atoms with Crippen LogP contribution in [-0.2, 0) is 22.4 Å². The van der Waals surface area contributed by atoms with Crippen molar-refractivity contribution in [3.63, 3.8) is 0 Å². The fraction of sp³-hybridized carbons (Fsp3) is 0.478. The number of carbonyl (C=O) groups is 2. The van der Waals surface area contributed by atoms with Gasteiger partial charge in [-0.25, -0.2) is 9.97 Å². The van der Waals surface area contributed by atoms with Gasteiger partial charge in [0, 0.05) is 37.7 Å². The molecule has 1 fully saturated rings. The predicted molar refractivity (Wildman–Crippen MR) is 114 cm³/mol. The van der Waals surface area contributed by atoms with Gasteiger partial charge in [-0.05, 0) is 50.3 Å². The molecule has 0 N–H and O–H groups in total. The summed E-state index contributed by atoms with van der Waals surface area (Å²) in [7, 11) is 3.41. The third kappa shape index (κ3) is 3.88. The molecule has 0 bridgehead atoms. The summed E-state index contributed by atoms with van der Waals surface area (Å²) in [4.78, 5) is 38.1. The highest BCUT2D eigenvalue weighted by Gasteiger charge is 2.34. The number of fused-ring (bicyclic) bond motifs is 1. The topological polar surface area (TPSA) is 75.6 Å². The number of likely N-dealkylation sites (tertiary alicyclic amines) is 1. The Labute approximate surface area is 177 Å². The van der Waals surface area contributed by atoms with Crippen molar-refractivity contribution in [3.05, 3.63) is 46.9 Å². The van der Waals surface area contributed by atoms with Crippen LogP contribution in [0.4, 0.5) is 5.82 Å². The summed E-state index contributed by atoms with van der Waals surface area (Å²) in [5, 5.41) is 0. The molecule has 7 nitrogen and oxygen atoms in total. The molecule has 0 unspecified atom stereocenters. The molecular weight excluding hydrogens is 380 g/mol. The lowest BCUT2D eigenvalue weighted by Crippen LogP contribution is -2.35. The molecule has 1 aromatic carbocycles. The molecule has 0 spiro atoms. The van der Waals surface area contributed by atoms with Crippen molar-refractivity contribution in [2.45, 2.75) is 51.5 Å². The maximum absolute atomic E-state index is 13.0. The highest BCUT2D eigenvalue weighted by Crippen LogP contribution is 2.34. The summed E-state index contributed by atoms with van der Waals surface area (Å²) < 4.78 is 5.19. The van der Waals surface area contributed by atoms with Gasteiger partial charge in [0.15, 0.2) is 5.82 Å². The monoisotopic (exact) mass is 408 g/mol. The molecule has 1 atom stereocenters. The van der Waals surface area contributed by atoms with Crippen LogP contribution in [0.1, 0.15) is 54.4 Å². The fourth-order valence-electron chi connectivity index (χ4n) is 4.36. The summed E-state index contributed by atoms with van der Waals surface area (Å²) in [6.07, 6.45) is 4.10. The highest BCUT2D eigenvalue weighted by atomic mass is 16.5. The van der Waals surface area contributed by atoms with Crippen LogP contribution in [0, 0.1) is 6.92 Å². The van der Waals surface area contributed by atoms with E-state index >= 15 is 0 Å². The Morgan fingerprint density at radius 2 is 1.97 bits per heavy atom. The van der Waals surface area contributed by atoms with Crippen molar-refractivity contribution in [1.29, 1.82) is 0 Å². The number of benzene rings is 1. The lowest BCUT2D eigenvalue weighted by Gasteiger charge is -2.29. The van der Waals surface area contributed by atoms with Gasteiger partial charge >= 0.3 is 0 Å². The Bertz CT molecular complexity index is 958. The van der Waals surface area contributed by atoms with Crippen LogP contribution >= 0.6 is 0 Å². The molecule has 30 heavy (non-hydrogen) atoms. The highest BCUT2D eigenvalue weighted by molar-refractivity contribution is 5.94. The Hall–Kier alpha value is -2.96. The molecule has 1 saturated heterocycles. The standard InChI is InChI=1S/C23H28N4O3/c1-15-18-11-13-20(28)26(2)23(18)25-22(24-15)19-5-4-14-27(19)21(29)12-8-16-6-9-17(30-3)10-7-16/h6-7,9-10,19H,4-5,8,11-14H2,1-3H3/t19-/m1/s1. The van der Waals surface area contributed by atoms with Crippen molar-refractivity contribution < 1.29 is 14.3 Å². The number of ether oxygens (including phenoxy) is 1. The number of rotatable bonds is 5. The quantitative estimate of drug-likeness (QED) is 0.760. The zero-order valence-corrected chi connectivity index (χ0v) is 17.9. The van der Waals surface area contributed by atoms with Crippen molar-refractivity contribution in [2.75, 3.05) is 25.6 Å². The van der Waals surface area contributed by atoms with E-state index in [1.165, 1.54) is 0 Å². The first kappa shape index (κ1) is 20.3. The van der Waals surface area contributed by atoms with Gasteiger partial charge in [0.2, 0.25) is 11.8 Å². The van der Waals surface area contributed by atoms with Gasteiger partial charge in [-0.1, -0.05) is 12.1 Å². The van der Waals surface area contributed by atoms with Gasteiger partial charge in [-0.15, -0.1) is 0 Å². The van der Waals surface area contributed by atoms with E-state index < -0.39 is 0 Å². The van der Waals surface area contributed by atoms with Gasteiger partial charge in [-0.2, -0.15) is 0 Å². The fourth-order valence-corrected chi connectivity index (χ4v) is 4.36. The Balaban J connectivity index is 1.50. The summed E-state index contributed by atoms with van der Waals surface area (Å²) >= 11 is 0. The van der Waals surface area contributed by atoms with E-state index in [4.69, 9.17) is 14.7 Å². The van der Waals surface area contributed by atoms with E-state index in [1.807, 2.05) is 36.1 Å². The first-order chi connectivity index (χ1) is 14.5. The van der Waals surface area contributed by atoms with E-state index in [1.54, 1.807) is 19.1 Å². The van der Waals surface area contributed by atoms with Crippen molar-refractivity contribution in [3.8, 4) is 5.75 Å². The number of aromatic nitrogens is 2. The summed E-state index contributed by atoms with van der Waals surface area (Å²) in [5.41, 5.74) is 3.06. The van der Waals surface area contributed by atoms with E-state index in [0.717, 1.165) is 42.0 Å². The first-order valence-electron chi connectivity index (χ1n) is 10.5. The minimum Gasteiger partial charge on any atom is -0.497 e. The summed E-state index contributed by atoms with van der Waals surface area (Å²) in [6.45, 7) is 2.69. The summed E-state index contributed by atoms with van der Waals surface area (Å²) in [6, 6.07) is 7.70. The Kier molecular flexibility index (Phi) is 5.70. The second-order valence-corrected chi connectivity index (χ2v) is 8.02. The number of hydrogen-bond donors (Lipinski definition) is 0. The van der Waals surface area contributed by atoms with Crippen LogP contribution in [0.15, 0.2) is 24.3 Å². The third-order valence-electron chi connectivity index (χ3n) is 6.15. The van der Waals surface area contributed by atoms with Crippen molar-refractivity contribution in [1.82, 2.24) is 14.9 Å². The zero-order chi connectivity index (χ0) is 21.3. The van der Waals surface area contributed by atoms with Crippen LogP contribution in [-0.4, -0.2) is 47.4 Å². The molecule has 2 aliphatic heterocycles. The van der Waals surface area contributed by atoms with Gasteiger partial charge in [0.25, 0.3) is 0 Å². The SMILES string of the molecule is COc1ccc(CCC(=O)N2CCC[C@@H]2c2nc(C)c3c(n2)N(C)C(=O)CC3)cc1. The first-order valence-corrected chi connectivity index (χ1v) is 10.5. The number of aryl methyl sites for hydroxylation is 2. The smallest absolute Gasteiger partial charge is 0.228 e. The van der Waals surface area contributed by atoms with E-state index in [-0.39, 0.29) is 17.9 Å². The molecule has 0 radical (unpaired) electrons. The molecule has 0 saturated carbocycles. The minimum absolute atomic E-state index is 0.0744. The molecule has 158 valence electrons. The van der Waals surface area contributed by atoms with E-state index in [2.05, 4.69) is 0 Å². The number of nitrogens with zero attached hydrogens (tertiary/aromatic N) is 4. The molecular formula is C23H28N4O3. The number of amides is 2. The lowest BCUT2D eigenvalue weighted by molar-refractivity contribution is -0.132. The minimum atomic E-state index is -0.122. The number of carbonyl (C=O) groups excluding carboxylic acids is 2. The lowest BCUT2D eigenvalue weighted by atomic mass is 10.0. The van der Waals surface area contributed by atoms with Crippen LogP contribution < -0.4 is 9.64 Å². The average Bonchev–Trinajstić information content (AvgIpc) is 3.25. The molecule has 2 amide bonds. The van der Waals surface area contributed by atoms with Gasteiger partial charge in [0.05, 0.1) is 13.2 Å². The predicted octanol–water partition coefficient (Wildman–Crippen LogP) is 3.00. The van der Waals surface area contributed by atoms with E-state index in [0.29, 0.717) is 37.3 Å². The van der Waals surface area contributed by atoms with Gasteiger partial charge in [0.1, 0.15) is 11.6 Å². The molecule has 1 aromatic heterocycles. The largest absolute Gasteiger partial charge is 0.497 e. The van der Waals surface area contributed by atoms with Gasteiger partial charge in [-0.3, -0.25) is 14.5 Å². The molecule has 2 aliphatic rings. The van der Waals surface area contributed by atoms with Crippen LogP contribution in [0.3, 0.4) is 0 Å². The van der Waals surface area contributed by atoms with Crippen molar-refractivity contribution in [2.24, 2.45) is 0 Å². The average molecular weight is 409 g/mol. The maximum Gasteiger partial charge on any atom is 0.228 e. The molecule has 4 rings (SSSR count). The third-order valence-corrected chi connectivity index (χ3v) is 6.15. The van der Waals surface area contributed by atoms with Crippen LogP contribution in [0.2, 0.25) is 0 Å². The molecule has 2 aromatic rings. The summed E-state index contributed by atoms with van der Waals surface area (Å²) in [5.74, 6) is 2.37. The zero-order valence-electron chi connectivity index (χ0n) is 17.9. The maximum atomic E-state index is 13.0. The molecule has 7 heteroatoms.